The van der Waals surface area contributed by atoms with E-state index in [1.54, 1.807) is 31.2 Å². The van der Waals surface area contributed by atoms with Crippen LogP contribution in [0.2, 0.25) is 5.02 Å². The Morgan fingerprint density at radius 1 is 1.37 bits per heavy atom. The molecule has 2 aromatic rings. The van der Waals surface area contributed by atoms with E-state index in [1.165, 1.54) is 0 Å². The van der Waals surface area contributed by atoms with Crippen molar-refractivity contribution in [3.05, 3.63) is 47.1 Å². The predicted octanol–water partition coefficient (Wildman–Crippen LogP) is 3.11. The molecular weight excluding hydrogens is 271 g/mol. The molecule has 0 fully saturated rings. The first-order valence-electron chi connectivity index (χ1n) is 5.57. The second kappa shape index (κ2) is 5.75. The Morgan fingerprint density at radius 2 is 2.11 bits per heavy atom. The Labute approximate surface area is 114 Å². The molecule has 0 aliphatic rings. The highest BCUT2D eigenvalue weighted by Crippen LogP contribution is 2.28. The van der Waals surface area contributed by atoms with Crippen LogP contribution in [0.5, 0.6) is 0 Å². The van der Waals surface area contributed by atoms with Crippen molar-refractivity contribution >= 4 is 17.6 Å². The first kappa shape index (κ1) is 13.4. The normalized spacial score (nSPS) is 10.3. The average molecular weight is 281 g/mol. The molecule has 0 unspecified atom stereocenters. The van der Waals surface area contributed by atoms with Gasteiger partial charge < -0.3 is 4.74 Å². The molecule has 0 aliphatic heterocycles. The highest BCUT2D eigenvalue weighted by atomic mass is 35.5. The zero-order valence-electron chi connectivity index (χ0n) is 10.1. The summed E-state index contributed by atoms with van der Waals surface area (Å²) in [5, 5.41) is 0.343. The standard InChI is InChI=1S/C13H10ClFN2O2/c1-2-19-13(18)12-10(15)11(16-7-17-12)8-5-3-4-6-9(8)14/h3-7H,2H2,1H3. The molecule has 0 bridgehead atoms. The molecule has 0 saturated carbocycles. The fourth-order valence-corrected chi connectivity index (χ4v) is 1.78. The highest BCUT2D eigenvalue weighted by molar-refractivity contribution is 6.33. The monoisotopic (exact) mass is 280 g/mol. The number of carbonyl (C=O) groups excluding carboxylic acids is 1. The van der Waals surface area contributed by atoms with Crippen LogP contribution in [0, 0.1) is 5.82 Å². The Bertz CT molecular complexity index is 619. The van der Waals surface area contributed by atoms with Crippen LogP contribution >= 0.6 is 11.6 Å². The van der Waals surface area contributed by atoms with Gasteiger partial charge in [-0.25, -0.2) is 19.2 Å². The van der Waals surface area contributed by atoms with Gasteiger partial charge in [-0.2, -0.15) is 0 Å². The van der Waals surface area contributed by atoms with E-state index >= 15 is 0 Å². The Morgan fingerprint density at radius 3 is 2.79 bits per heavy atom. The minimum Gasteiger partial charge on any atom is -0.461 e. The molecule has 1 aromatic carbocycles. The molecule has 1 aromatic heterocycles. The van der Waals surface area contributed by atoms with Gasteiger partial charge in [0.1, 0.15) is 12.0 Å². The van der Waals surface area contributed by atoms with E-state index in [1.807, 2.05) is 0 Å². The van der Waals surface area contributed by atoms with Crippen molar-refractivity contribution in [3.63, 3.8) is 0 Å². The number of hydrogen-bond acceptors (Lipinski definition) is 4. The second-order valence-electron chi connectivity index (χ2n) is 3.59. The molecule has 0 saturated heterocycles. The van der Waals surface area contributed by atoms with Crippen LogP contribution in [0.1, 0.15) is 17.4 Å². The maximum absolute atomic E-state index is 14.2. The third-order valence-corrected chi connectivity index (χ3v) is 2.72. The van der Waals surface area contributed by atoms with Gasteiger partial charge in [-0.15, -0.1) is 0 Å². The largest absolute Gasteiger partial charge is 0.461 e. The summed E-state index contributed by atoms with van der Waals surface area (Å²) in [5.41, 5.74) is -0.0231. The molecule has 0 spiro atoms. The Hall–Kier alpha value is -2.01. The molecule has 6 heteroatoms. The maximum Gasteiger partial charge on any atom is 0.360 e. The van der Waals surface area contributed by atoms with E-state index in [4.69, 9.17) is 16.3 Å². The number of ether oxygens (including phenoxy) is 1. The number of carbonyl (C=O) groups is 1. The van der Waals surface area contributed by atoms with E-state index in [-0.39, 0.29) is 12.3 Å². The van der Waals surface area contributed by atoms with Crippen LogP contribution in [0.4, 0.5) is 4.39 Å². The number of halogens is 2. The number of rotatable bonds is 3. The quantitative estimate of drug-likeness (QED) is 0.811. The molecular formula is C13H10ClFN2O2. The summed E-state index contributed by atoms with van der Waals surface area (Å²) in [6.45, 7) is 1.77. The summed E-state index contributed by atoms with van der Waals surface area (Å²) in [7, 11) is 0. The Balaban J connectivity index is 2.52. The summed E-state index contributed by atoms with van der Waals surface area (Å²) in [5.74, 6) is -1.66. The molecule has 2 rings (SSSR count). The lowest BCUT2D eigenvalue weighted by Crippen LogP contribution is -2.11. The molecule has 0 N–H and O–H groups in total. The van der Waals surface area contributed by atoms with Gasteiger partial charge in [0.2, 0.25) is 0 Å². The fourth-order valence-electron chi connectivity index (χ4n) is 1.55. The van der Waals surface area contributed by atoms with Crippen LogP contribution in [-0.4, -0.2) is 22.5 Å². The van der Waals surface area contributed by atoms with E-state index in [2.05, 4.69) is 9.97 Å². The van der Waals surface area contributed by atoms with Crippen molar-refractivity contribution in [1.82, 2.24) is 9.97 Å². The lowest BCUT2D eigenvalue weighted by atomic mass is 10.1. The molecule has 0 radical (unpaired) electrons. The van der Waals surface area contributed by atoms with Crippen molar-refractivity contribution in [1.29, 1.82) is 0 Å². The first-order chi connectivity index (χ1) is 9.15. The van der Waals surface area contributed by atoms with Crippen LogP contribution in [0.25, 0.3) is 11.3 Å². The molecule has 0 atom stereocenters. The summed E-state index contributed by atoms with van der Waals surface area (Å²) in [6, 6.07) is 6.65. The van der Waals surface area contributed by atoms with Gasteiger partial charge in [-0.1, -0.05) is 29.8 Å². The highest BCUT2D eigenvalue weighted by Gasteiger charge is 2.20. The number of nitrogens with zero attached hydrogens (tertiary/aromatic N) is 2. The van der Waals surface area contributed by atoms with Crippen molar-refractivity contribution in [2.24, 2.45) is 0 Å². The molecule has 0 amide bonds. The van der Waals surface area contributed by atoms with Crippen LogP contribution < -0.4 is 0 Å². The average Bonchev–Trinajstić information content (AvgIpc) is 2.40. The maximum atomic E-state index is 14.2. The van der Waals surface area contributed by atoms with Crippen LogP contribution in [-0.2, 0) is 4.74 Å². The zero-order valence-corrected chi connectivity index (χ0v) is 10.8. The zero-order chi connectivity index (χ0) is 13.8. The van der Waals surface area contributed by atoms with Gasteiger partial charge in [0.15, 0.2) is 11.5 Å². The van der Waals surface area contributed by atoms with Gasteiger partial charge in [0.25, 0.3) is 0 Å². The summed E-state index contributed by atoms with van der Waals surface area (Å²) >= 11 is 5.98. The van der Waals surface area contributed by atoms with Gasteiger partial charge in [-0.3, -0.25) is 0 Å². The minimum absolute atomic E-state index is 0.0244. The third kappa shape index (κ3) is 2.71. The van der Waals surface area contributed by atoms with Gasteiger partial charge >= 0.3 is 5.97 Å². The SMILES string of the molecule is CCOC(=O)c1ncnc(-c2ccccc2Cl)c1F. The van der Waals surface area contributed by atoms with E-state index < -0.39 is 17.5 Å². The van der Waals surface area contributed by atoms with Gasteiger partial charge in [0.05, 0.1) is 11.6 Å². The fraction of sp³-hybridized carbons (Fsp3) is 0.154. The minimum atomic E-state index is -0.839. The predicted molar refractivity (Wildman–Crippen MR) is 68.4 cm³/mol. The lowest BCUT2D eigenvalue weighted by Gasteiger charge is -2.07. The number of esters is 1. The van der Waals surface area contributed by atoms with Crippen molar-refractivity contribution in [2.45, 2.75) is 6.92 Å². The van der Waals surface area contributed by atoms with Gasteiger partial charge in [0, 0.05) is 5.56 Å². The van der Waals surface area contributed by atoms with E-state index in [0.29, 0.717) is 10.6 Å². The number of aromatic nitrogens is 2. The summed E-state index contributed by atoms with van der Waals surface area (Å²) in [4.78, 5) is 19.0. The molecule has 19 heavy (non-hydrogen) atoms. The molecule has 98 valence electrons. The smallest absolute Gasteiger partial charge is 0.360 e. The van der Waals surface area contributed by atoms with Gasteiger partial charge in [-0.05, 0) is 13.0 Å². The third-order valence-electron chi connectivity index (χ3n) is 2.39. The van der Waals surface area contributed by atoms with Crippen LogP contribution in [0.3, 0.4) is 0 Å². The topological polar surface area (TPSA) is 52.1 Å². The van der Waals surface area contributed by atoms with Crippen molar-refractivity contribution in [3.8, 4) is 11.3 Å². The van der Waals surface area contributed by atoms with Crippen LogP contribution in [0.15, 0.2) is 30.6 Å². The molecule has 4 nitrogen and oxygen atoms in total. The number of hydrogen-bond donors (Lipinski definition) is 0. The van der Waals surface area contributed by atoms with E-state index in [0.717, 1.165) is 6.33 Å². The first-order valence-corrected chi connectivity index (χ1v) is 5.95. The molecule has 0 aliphatic carbocycles. The summed E-state index contributed by atoms with van der Waals surface area (Å²) < 4.78 is 19.0. The van der Waals surface area contributed by atoms with Crippen molar-refractivity contribution in [2.75, 3.05) is 6.61 Å². The summed E-state index contributed by atoms with van der Waals surface area (Å²) in [6.07, 6.45) is 1.11. The van der Waals surface area contributed by atoms with Crippen molar-refractivity contribution < 1.29 is 13.9 Å². The number of benzene rings is 1. The molecule has 1 heterocycles. The second-order valence-corrected chi connectivity index (χ2v) is 3.99. The lowest BCUT2D eigenvalue weighted by molar-refractivity contribution is 0.0513. The van der Waals surface area contributed by atoms with E-state index in [9.17, 15) is 9.18 Å². The Kier molecular flexibility index (Phi) is 4.06.